The molecular formula is C24H34F2N6O2. The Kier molecular flexibility index (Phi) is 6.78. The van der Waals surface area contributed by atoms with Gasteiger partial charge in [0.15, 0.2) is 0 Å². The number of halogens is 2. The van der Waals surface area contributed by atoms with Crippen LogP contribution >= 0.6 is 0 Å². The second-order valence-corrected chi connectivity index (χ2v) is 10.4. The average Bonchev–Trinajstić information content (AvgIpc) is 3.20. The Hall–Kier alpha value is -2.78. The minimum Gasteiger partial charge on any atom is -0.444 e. The van der Waals surface area contributed by atoms with E-state index in [0.717, 1.165) is 24.2 Å². The zero-order valence-corrected chi connectivity index (χ0v) is 20.4. The van der Waals surface area contributed by atoms with Crippen LogP contribution in [-0.4, -0.2) is 61.4 Å². The van der Waals surface area contributed by atoms with E-state index in [2.05, 4.69) is 15.4 Å². The van der Waals surface area contributed by atoms with Crippen LogP contribution in [0.15, 0.2) is 18.3 Å². The van der Waals surface area contributed by atoms with E-state index in [0.29, 0.717) is 37.7 Å². The number of nitrogens with zero attached hydrogens (tertiary/aromatic N) is 5. The van der Waals surface area contributed by atoms with Gasteiger partial charge < -0.3 is 15.0 Å². The van der Waals surface area contributed by atoms with Gasteiger partial charge in [-0.25, -0.2) is 23.2 Å². The molecule has 0 aromatic carbocycles. The van der Waals surface area contributed by atoms with E-state index in [-0.39, 0.29) is 30.9 Å². The van der Waals surface area contributed by atoms with Gasteiger partial charge in [0, 0.05) is 50.2 Å². The molecule has 1 saturated heterocycles. The number of ether oxygens (including phenoxy) is 1. The quantitative estimate of drug-likeness (QED) is 0.663. The van der Waals surface area contributed by atoms with E-state index >= 15 is 0 Å². The molecule has 2 aromatic rings. The Balaban J connectivity index is 1.50. The number of aryl methyl sites for hydroxylation is 1. The molecule has 1 aliphatic carbocycles. The van der Waals surface area contributed by atoms with Crippen molar-refractivity contribution in [2.24, 2.45) is 0 Å². The Bertz CT molecular complexity index is 1000. The first-order valence-corrected chi connectivity index (χ1v) is 12.0. The van der Waals surface area contributed by atoms with Crippen molar-refractivity contribution < 1.29 is 18.3 Å². The first-order chi connectivity index (χ1) is 16.0. The summed E-state index contributed by atoms with van der Waals surface area (Å²) in [6.45, 7) is 8.64. The van der Waals surface area contributed by atoms with E-state index in [1.165, 1.54) is 0 Å². The Morgan fingerprint density at radius 1 is 1.15 bits per heavy atom. The zero-order valence-electron chi connectivity index (χ0n) is 20.4. The summed E-state index contributed by atoms with van der Waals surface area (Å²) in [6, 6.07) is 3.75. The van der Waals surface area contributed by atoms with Gasteiger partial charge in [0.2, 0.25) is 5.92 Å². The van der Waals surface area contributed by atoms with Gasteiger partial charge in [-0.15, -0.1) is 0 Å². The van der Waals surface area contributed by atoms with Crippen LogP contribution in [0.3, 0.4) is 0 Å². The normalized spacial score (nSPS) is 19.8. The summed E-state index contributed by atoms with van der Waals surface area (Å²) in [5, 5.41) is 7.80. The van der Waals surface area contributed by atoms with Crippen LogP contribution in [0, 0.1) is 6.92 Å². The lowest BCUT2D eigenvalue weighted by Gasteiger charge is -2.33. The summed E-state index contributed by atoms with van der Waals surface area (Å²) in [5.74, 6) is -1.36. The summed E-state index contributed by atoms with van der Waals surface area (Å²) in [7, 11) is 0. The minimum atomic E-state index is -2.57. The SMILES string of the molecule is Cc1ccn(-c2nc(NC3CCC(F)(F)CC3)cc(C3CCN(C(=O)OC(C)(C)C)CC3)n2)n1. The van der Waals surface area contributed by atoms with E-state index in [1.807, 2.05) is 46.0 Å². The predicted octanol–water partition coefficient (Wildman–Crippen LogP) is 5.08. The maximum atomic E-state index is 13.6. The van der Waals surface area contributed by atoms with Crippen molar-refractivity contribution in [1.82, 2.24) is 24.6 Å². The largest absolute Gasteiger partial charge is 0.444 e. The smallest absolute Gasteiger partial charge is 0.410 e. The molecule has 2 aliphatic rings. The summed E-state index contributed by atoms with van der Waals surface area (Å²) < 4.78 is 34.3. The maximum Gasteiger partial charge on any atom is 0.410 e. The topological polar surface area (TPSA) is 85.2 Å². The number of rotatable bonds is 4. The molecule has 1 N–H and O–H groups in total. The van der Waals surface area contributed by atoms with Crippen LogP contribution in [0.1, 0.15) is 76.6 Å². The van der Waals surface area contributed by atoms with Crippen molar-refractivity contribution in [2.75, 3.05) is 18.4 Å². The summed E-state index contributed by atoms with van der Waals surface area (Å²) in [5.41, 5.74) is 1.19. The van der Waals surface area contributed by atoms with Gasteiger partial charge in [0.05, 0.1) is 11.4 Å². The number of hydrogen-bond acceptors (Lipinski definition) is 6. The second kappa shape index (κ2) is 9.46. The molecule has 0 spiro atoms. The number of anilines is 1. The van der Waals surface area contributed by atoms with E-state index in [9.17, 15) is 13.6 Å². The summed E-state index contributed by atoms with van der Waals surface area (Å²) in [6.07, 6.45) is 3.59. The fraction of sp³-hybridized carbons (Fsp3) is 0.667. The number of piperidine rings is 1. The number of carbonyl (C=O) groups is 1. The summed E-state index contributed by atoms with van der Waals surface area (Å²) in [4.78, 5) is 23.6. The third kappa shape index (κ3) is 6.21. The highest BCUT2D eigenvalue weighted by Crippen LogP contribution is 2.35. The van der Waals surface area contributed by atoms with Gasteiger partial charge in [-0.05, 0) is 59.4 Å². The van der Waals surface area contributed by atoms with Gasteiger partial charge >= 0.3 is 6.09 Å². The number of amides is 1. The molecule has 2 fully saturated rings. The molecule has 1 aliphatic heterocycles. The lowest BCUT2D eigenvalue weighted by Crippen LogP contribution is -2.41. The van der Waals surface area contributed by atoms with Crippen molar-refractivity contribution in [3.63, 3.8) is 0 Å². The van der Waals surface area contributed by atoms with Crippen LogP contribution in [0.25, 0.3) is 5.95 Å². The van der Waals surface area contributed by atoms with Crippen LogP contribution in [0.5, 0.6) is 0 Å². The lowest BCUT2D eigenvalue weighted by molar-refractivity contribution is -0.0361. The van der Waals surface area contributed by atoms with Crippen LogP contribution < -0.4 is 5.32 Å². The third-order valence-corrected chi connectivity index (χ3v) is 6.30. The van der Waals surface area contributed by atoms with Gasteiger partial charge in [0.1, 0.15) is 11.4 Å². The monoisotopic (exact) mass is 476 g/mol. The van der Waals surface area contributed by atoms with Crippen molar-refractivity contribution in [3.8, 4) is 5.95 Å². The molecule has 0 radical (unpaired) electrons. The number of hydrogen-bond donors (Lipinski definition) is 1. The Morgan fingerprint density at radius 2 is 1.82 bits per heavy atom. The van der Waals surface area contributed by atoms with Crippen molar-refractivity contribution >= 4 is 11.9 Å². The van der Waals surface area contributed by atoms with E-state index in [4.69, 9.17) is 9.72 Å². The van der Waals surface area contributed by atoms with E-state index in [1.54, 1.807) is 9.58 Å². The fourth-order valence-corrected chi connectivity index (χ4v) is 4.44. The van der Waals surface area contributed by atoms with Crippen molar-refractivity contribution in [2.45, 2.75) is 89.7 Å². The van der Waals surface area contributed by atoms with Crippen LogP contribution in [-0.2, 0) is 4.74 Å². The number of carbonyl (C=O) groups excluding carboxylic acids is 1. The molecule has 3 heterocycles. The van der Waals surface area contributed by atoms with E-state index < -0.39 is 11.5 Å². The van der Waals surface area contributed by atoms with Gasteiger partial charge in [-0.2, -0.15) is 10.1 Å². The predicted molar refractivity (Wildman–Crippen MR) is 124 cm³/mol. The highest BCUT2D eigenvalue weighted by atomic mass is 19.3. The standard InChI is InChI=1S/C24H34F2N6O2/c1-16-7-14-32(30-16)21-28-19(15-20(29-21)27-18-5-10-24(25,26)11-6-18)17-8-12-31(13-9-17)22(33)34-23(2,3)4/h7,14-15,17-18H,5-6,8-13H2,1-4H3,(H,27,28,29). The third-order valence-electron chi connectivity index (χ3n) is 6.30. The van der Waals surface area contributed by atoms with Crippen LogP contribution in [0.4, 0.5) is 19.4 Å². The molecule has 4 rings (SSSR count). The molecule has 2 aromatic heterocycles. The molecule has 1 saturated carbocycles. The molecule has 0 bridgehead atoms. The first-order valence-electron chi connectivity index (χ1n) is 12.0. The Morgan fingerprint density at radius 3 is 2.41 bits per heavy atom. The molecular weight excluding hydrogens is 442 g/mol. The molecule has 186 valence electrons. The molecule has 8 nitrogen and oxygen atoms in total. The van der Waals surface area contributed by atoms with Crippen LogP contribution in [0.2, 0.25) is 0 Å². The number of likely N-dealkylation sites (tertiary alicyclic amines) is 1. The molecule has 0 unspecified atom stereocenters. The highest BCUT2D eigenvalue weighted by molar-refractivity contribution is 5.68. The number of alkyl halides is 2. The average molecular weight is 477 g/mol. The summed E-state index contributed by atoms with van der Waals surface area (Å²) >= 11 is 0. The second-order valence-electron chi connectivity index (χ2n) is 10.4. The molecule has 1 amide bonds. The van der Waals surface area contributed by atoms with Crippen molar-refractivity contribution in [3.05, 3.63) is 29.7 Å². The molecule has 0 atom stereocenters. The number of nitrogens with one attached hydrogen (secondary N) is 1. The molecule has 10 heteroatoms. The van der Waals surface area contributed by atoms with Gasteiger partial charge in [-0.1, -0.05) is 0 Å². The first kappa shape index (κ1) is 24.3. The lowest BCUT2D eigenvalue weighted by atomic mass is 9.92. The number of aromatic nitrogens is 4. The minimum absolute atomic E-state index is 0.0522. The highest BCUT2D eigenvalue weighted by Gasteiger charge is 2.35. The zero-order chi connectivity index (χ0) is 24.5. The Labute approximate surface area is 199 Å². The maximum absolute atomic E-state index is 13.6. The fourth-order valence-electron chi connectivity index (χ4n) is 4.44. The van der Waals surface area contributed by atoms with Gasteiger partial charge in [-0.3, -0.25) is 0 Å². The molecule has 34 heavy (non-hydrogen) atoms. The van der Waals surface area contributed by atoms with Gasteiger partial charge in [0.25, 0.3) is 5.95 Å². The van der Waals surface area contributed by atoms with Crippen molar-refractivity contribution in [1.29, 1.82) is 0 Å².